The van der Waals surface area contributed by atoms with Gasteiger partial charge in [0.1, 0.15) is 0 Å². The Balaban J connectivity index is 1.94. The van der Waals surface area contributed by atoms with E-state index >= 15 is 0 Å². The zero-order valence-corrected chi connectivity index (χ0v) is 12.0. The highest BCUT2D eigenvalue weighted by Gasteiger charge is 2.29. The Morgan fingerprint density at radius 1 is 1.33 bits per heavy atom. The zero-order chi connectivity index (χ0) is 14.8. The van der Waals surface area contributed by atoms with Gasteiger partial charge in [-0.2, -0.15) is 0 Å². The number of nitrogens with one attached hydrogen (secondary N) is 1. The molecule has 2 N–H and O–H groups in total. The lowest BCUT2D eigenvalue weighted by molar-refractivity contribution is -0.121. The van der Waals surface area contributed by atoms with Crippen LogP contribution < -0.4 is 10.2 Å². The third kappa shape index (κ3) is 2.73. The molecule has 1 unspecified atom stereocenters. The fourth-order valence-corrected chi connectivity index (χ4v) is 3.45. The van der Waals surface area contributed by atoms with Gasteiger partial charge in [-0.05, 0) is 43.4 Å². The predicted molar refractivity (Wildman–Crippen MR) is 79.7 cm³/mol. The minimum atomic E-state index is -0.868. The maximum absolute atomic E-state index is 11.8. The fraction of sp³-hybridized carbons (Fsp3) is 0.500. The van der Waals surface area contributed by atoms with E-state index in [1.54, 1.807) is 12.1 Å². The summed E-state index contributed by atoms with van der Waals surface area (Å²) in [6.45, 7) is 1.64. The molecule has 5 nitrogen and oxygen atoms in total. The Morgan fingerprint density at radius 2 is 2.19 bits per heavy atom. The number of carboxylic acids is 1. The first kappa shape index (κ1) is 13.9. The molecule has 0 spiro atoms. The van der Waals surface area contributed by atoms with E-state index in [2.05, 4.69) is 10.2 Å². The normalized spacial score (nSPS) is 22.2. The SMILES string of the molecule is O=C1CC(N2CCCc3c(C(=O)O)cccc32)CCCN1. The molecular formula is C16H20N2O3. The van der Waals surface area contributed by atoms with Gasteiger partial charge in [0.05, 0.1) is 5.56 Å². The van der Waals surface area contributed by atoms with Gasteiger partial charge in [0.15, 0.2) is 0 Å². The molecule has 1 fully saturated rings. The first-order chi connectivity index (χ1) is 10.2. The molecule has 0 saturated carbocycles. The van der Waals surface area contributed by atoms with Crippen LogP contribution in [0.25, 0.3) is 0 Å². The van der Waals surface area contributed by atoms with Crippen LogP contribution in [0.1, 0.15) is 41.6 Å². The second-order valence-electron chi connectivity index (χ2n) is 5.76. The number of benzene rings is 1. The van der Waals surface area contributed by atoms with E-state index in [1.807, 2.05) is 6.07 Å². The average Bonchev–Trinajstić information content (AvgIpc) is 2.70. The lowest BCUT2D eigenvalue weighted by Crippen LogP contribution is -2.41. The van der Waals surface area contributed by atoms with Crippen molar-refractivity contribution in [2.75, 3.05) is 18.0 Å². The summed E-state index contributed by atoms with van der Waals surface area (Å²) in [5.74, 6) is -0.772. The lowest BCUT2D eigenvalue weighted by Gasteiger charge is -2.37. The van der Waals surface area contributed by atoms with Crippen LogP contribution in [-0.2, 0) is 11.2 Å². The second kappa shape index (κ2) is 5.76. The second-order valence-corrected chi connectivity index (χ2v) is 5.76. The van der Waals surface area contributed by atoms with Crippen LogP contribution in [-0.4, -0.2) is 36.1 Å². The molecule has 2 aliphatic heterocycles. The summed E-state index contributed by atoms with van der Waals surface area (Å²) < 4.78 is 0. The Morgan fingerprint density at radius 3 is 3.00 bits per heavy atom. The van der Waals surface area contributed by atoms with Gasteiger partial charge < -0.3 is 15.3 Å². The first-order valence-corrected chi connectivity index (χ1v) is 7.55. The Kier molecular flexibility index (Phi) is 3.82. The summed E-state index contributed by atoms with van der Waals surface area (Å²) in [5.41, 5.74) is 2.32. The largest absolute Gasteiger partial charge is 0.478 e. The zero-order valence-electron chi connectivity index (χ0n) is 12.0. The summed E-state index contributed by atoms with van der Waals surface area (Å²) in [4.78, 5) is 25.4. The number of carbonyl (C=O) groups is 2. The highest BCUT2D eigenvalue weighted by molar-refractivity contribution is 5.91. The van der Waals surface area contributed by atoms with Crippen molar-refractivity contribution in [3.63, 3.8) is 0 Å². The number of carbonyl (C=O) groups excluding carboxylic acids is 1. The number of hydrogen-bond acceptors (Lipinski definition) is 3. The molecule has 1 atom stereocenters. The van der Waals surface area contributed by atoms with Crippen molar-refractivity contribution in [2.24, 2.45) is 0 Å². The molecule has 0 aromatic heterocycles. The molecule has 1 aromatic rings. The van der Waals surface area contributed by atoms with Crippen LogP contribution in [0.3, 0.4) is 0 Å². The third-order valence-corrected chi connectivity index (χ3v) is 4.42. The van der Waals surface area contributed by atoms with E-state index in [0.29, 0.717) is 12.0 Å². The van der Waals surface area contributed by atoms with E-state index in [4.69, 9.17) is 0 Å². The minimum Gasteiger partial charge on any atom is -0.478 e. The summed E-state index contributed by atoms with van der Waals surface area (Å²) in [6.07, 6.45) is 4.18. The van der Waals surface area contributed by atoms with Gasteiger partial charge in [-0.25, -0.2) is 4.79 Å². The summed E-state index contributed by atoms with van der Waals surface area (Å²) in [7, 11) is 0. The van der Waals surface area contributed by atoms with Crippen LogP contribution in [0.2, 0.25) is 0 Å². The molecule has 112 valence electrons. The summed E-state index contributed by atoms with van der Waals surface area (Å²) in [6, 6.07) is 5.64. The van der Waals surface area contributed by atoms with Gasteiger partial charge in [0.25, 0.3) is 0 Å². The molecule has 3 rings (SSSR count). The van der Waals surface area contributed by atoms with Crippen LogP contribution in [0, 0.1) is 0 Å². The van der Waals surface area contributed by atoms with Gasteiger partial charge in [-0.15, -0.1) is 0 Å². The summed E-state index contributed by atoms with van der Waals surface area (Å²) in [5, 5.41) is 12.2. The van der Waals surface area contributed by atoms with Gasteiger partial charge in [-0.1, -0.05) is 6.07 Å². The topological polar surface area (TPSA) is 69.6 Å². The third-order valence-electron chi connectivity index (χ3n) is 4.42. The average molecular weight is 288 g/mol. The monoisotopic (exact) mass is 288 g/mol. The van der Waals surface area contributed by atoms with Crippen LogP contribution >= 0.6 is 0 Å². The van der Waals surface area contributed by atoms with E-state index < -0.39 is 5.97 Å². The molecule has 0 aliphatic carbocycles. The van der Waals surface area contributed by atoms with E-state index in [0.717, 1.165) is 50.0 Å². The molecule has 0 bridgehead atoms. The Bertz CT molecular complexity index is 571. The van der Waals surface area contributed by atoms with E-state index in [1.165, 1.54) is 0 Å². The number of anilines is 1. The number of rotatable bonds is 2. The van der Waals surface area contributed by atoms with Crippen molar-refractivity contribution in [3.8, 4) is 0 Å². The fourth-order valence-electron chi connectivity index (χ4n) is 3.45. The van der Waals surface area contributed by atoms with Crippen molar-refractivity contribution >= 4 is 17.6 Å². The maximum atomic E-state index is 11.8. The molecule has 0 radical (unpaired) electrons. The number of nitrogens with zero attached hydrogens (tertiary/aromatic N) is 1. The van der Waals surface area contributed by atoms with Crippen LogP contribution in [0.15, 0.2) is 18.2 Å². The van der Waals surface area contributed by atoms with Gasteiger partial charge in [0.2, 0.25) is 5.91 Å². The summed E-state index contributed by atoms with van der Waals surface area (Å²) >= 11 is 0. The van der Waals surface area contributed by atoms with Crippen molar-refractivity contribution in [1.29, 1.82) is 0 Å². The Hall–Kier alpha value is -2.04. The number of aromatic carboxylic acids is 1. The number of fused-ring (bicyclic) bond motifs is 1. The number of hydrogen-bond donors (Lipinski definition) is 2. The van der Waals surface area contributed by atoms with Gasteiger partial charge >= 0.3 is 5.97 Å². The molecule has 1 amide bonds. The molecule has 21 heavy (non-hydrogen) atoms. The van der Waals surface area contributed by atoms with Gasteiger partial charge in [-0.3, -0.25) is 4.79 Å². The van der Waals surface area contributed by atoms with Crippen molar-refractivity contribution in [2.45, 2.75) is 38.1 Å². The standard InChI is InChI=1S/C16H20N2O3/c19-15-10-11(4-2-8-17-15)18-9-3-6-12-13(16(20)21)5-1-7-14(12)18/h1,5,7,11H,2-4,6,8-10H2,(H,17,19)(H,20,21). The van der Waals surface area contributed by atoms with Crippen molar-refractivity contribution in [3.05, 3.63) is 29.3 Å². The van der Waals surface area contributed by atoms with Crippen LogP contribution in [0.5, 0.6) is 0 Å². The van der Waals surface area contributed by atoms with E-state index in [-0.39, 0.29) is 11.9 Å². The molecular weight excluding hydrogens is 268 g/mol. The van der Waals surface area contributed by atoms with Gasteiger partial charge in [0, 0.05) is 31.2 Å². The quantitative estimate of drug-likeness (QED) is 0.870. The highest BCUT2D eigenvalue weighted by Crippen LogP contribution is 2.33. The smallest absolute Gasteiger partial charge is 0.336 e. The van der Waals surface area contributed by atoms with E-state index in [9.17, 15) is 14.7 Å². The molecule has 2 heterocycles. The number of carboxylic acid groups (broad SMARTS) is 1. The van der Waals surface area contributed by atoms with Crippen molar-refractivity contribution in [1.82, 2.24) is 5.32 Å². The van der Waals surface area contributed by atoms with Crippen LogP contribution in [0.4, 0.5) is 5.69 Å². The molecule has 2 aliphatic rings. The minimum absolute atomic E-state index is 0.0963. The predicted octanol–water partition coefficient (Wildman–Crippen LogP) is 1.81. The maximum Gasteiger partial charge on any atom is 0.336 e. The molecule has 5 heteroatoms. The Labute approximate surface area is 123 Å². The lowest BCUT2D eigenvalue weighted by atomic mass is 9.93. The number of amides is 1. The van der Waals surface area contributed by atoms with Crippen molar-refractivity contribution < 1.29 is 14.7 Å². The molecule has 1 saturated heterocycles. The first-order valence-electron chi connectivity index (χ1n) is 7.55. The molecule has 1 aromatic carbocycles. The highest BCUT2D eigenvalue weighted by atomic mass is 16.4.